The van der Waals surface area contributed by atoms with Crippen LogP contribution in [0.15, 0.2) is 42.3 Å². The predicted octanol–water partition coefficient (Wildman–Crippen LogP) is 3.95. The quantitative estimate of drug-likeness (QED) is 0.698. The summed E-state index contributed by atoms with van der Waals surface area (Å²) in [6.45, 7) is 5.37. The molecule has 4 heterocycles. The first kappa shape index (κ1) is 18.0. The van der Waals surface area contributed by atoms with Crippen molar-refractivity contribution in [2.45, 2.75) is 32.2 Å². The van der Waals surface area contributed by atoms with Crippen molar-refractivity contribution in [1.82, 2.24) is 24.8 Å². The lowest BCUT2D eigenvalue weighted by molar-refractivity contribution is 0.167. The zero-order valence-corrected chi connectivity index (χ0v) is 16.3. The maximum Gasteiger partial charge on any atom is 0.223 e. The molecular weight excluding hydrogens is 356 g/mol. The fourth-order valence-corrected chi connectivity index (χ4v) is 4.22. The summed E-state index contributed by atoms with van der Waals surface area (Å²) in [5.41, 5.74) is 2.59. The molecule has 1 N–H and O–H groups in total. The van der Waals surface area contributed by atoms with E-state index < -0.39 is 0 Å². The Hall–Kier alpha value is -2.38. The van der Waals surface area contributed by atoms with Crippen LogP contribution in [0, 0.1) is 0 Å². The number of hydrogen-bond acceptors (Lipinski definition) is 7. The van der Waals surface area contributed by atoms with Crippen LogP contribution in [0.5, 0.6) is 0 Å². The van der Waals surface area contributed by atoms with Crippen LogP contribution in [0.25, 0.3) is 21.8 Å². The Morgan fingerprint density at radius 2 is 2.19 bits per heavy atom. The molecule has 1 aliphatic heterocycles. The molecule has 0 spiro atoms. The topological polar surface area (TPSA) is 66.8 Å². The van der Waals surface area contributed by atoms with E-state index >= 15 is 0 Å². The zero-order chi connectivity index (χ0) is 18.5. The van der Waals surface area contributed by atoms with Gasteiger partial charge < -0.3 is 5.32 Å². The molecule has 1 atom stereocenters. The first-order chi connectivity index (χ1) is 13.3. The summed E-state index contributed by atoms with van der Waals surface area (Å²) in [5.74, 6) is 0.663. The number of piperidine rings is 1. The Balaban J connectivity index is 1.52. The molecule has 0 aromatic carbocycles. The highest BCUT2D eigenvalue weighted by Gasteiger charge is 2.18. The zero-order valence-electron chi connectivity index (χ0n) is 15.5. The van der Waals surface area contributed by atoms with Gasteiger partial charge >= 0.3 is 0 Å². The second kappa shape index (κ2) is 8.54. The van der Waals surface area contributed by atoms with Crippen LogP contribution in [-0.2, 0) is 0 Å². The second-order valence-corrected chi connectivity index (χ2v) is 7.78. The third kappa shape index (κ3) is 4.31. The van der Waals surface area contributed by atoms with E-state index in [-0.39, 0.29) is 0 Å². The minimum absolute atomic E-state index is 0.663. The molecule has 1 saturated heterocycles. The number of aromatic nitrogens is 4. The number of nitrogens with zero attached hydrogens (tertiary/aromatic N) is 5. The van der Waals surface area contributed by atoms with E-state index in [9.17, 15) is 0 Å². The fraction of sp³-hybridized carbons (Fsp3) is 0.400. The van der Waals surface area contributed by atoms with Gasteiger partial charge in [-0.2, -0.15) is 0 Å². The predicted molar refractivity (Wildman–Crippen MR) is 110 cm³/mol. The van der Waals surface area contributed by atoms with Gasteiger partial charge in [0.2, 0.25) is 5.95 Å². The molecule has 0 saturated carbocycles. The first-order valence-corrected chi connectivity index (χ1v) is 10.3. The molecule has 3 aromatic heterocycles. The van der Waals surface area contributed by atoms with Gasteiger partial charge in [-0.1, -0.05) is 12.5 Å². The van der Waals surface area contributed by atoms with E-state index in [0.29, 0.717) is 12.0 Å². The van der Waals surface area contributed by atoms with Crippen LogP contribution in [0.3, 0.4) is 0 Å². The van der Waals surface area contributed by atoms with E-state index in [4.69, 9.17) is 4.98 Å². The minimum Gasteiger partial charge on any atom is -0.353 e. The number of thiophene rings is 1. The van der Waals surface area contributed by atoms with Crippen molar-refractivity contribution in [2.75, 3.05) is 25.0 Å². The normalized spacial score (nSPS) is 17.7. The van der Waals surface area contributed by atoms with Crippen LogP contribution >= 0.6 is 11.3 Å². The van der Waals surface area contributed by atoms with Crippen molar-refractivity contribution in [2.24, 2.45) is 0 Å². The Morgan fingerprint density at radius 3 is 2.96 bits per heavy atom. The third-order valence-corrected chi connectivity index (χ3v) is 5.88. The molecule has 0 aliphatic carbocycles. The van der Waals surface area contributed by atoms with Gasteiger partial charge in [0.05, 0.1) is 22.5 Å². The van der Waals surface area contributed by atoms with E-state index in [1.807, 2.05) is 12.3 Å². The van der Waals surface area contributed by atoms with Crippen molar-refractivity contribution in [3.8, 4) is 21.8 Å². The fourth-order valence-electron chi connectivity index (χ4n) is 3.49. The van der Waals surface area contributed by atoms with Crippen LogP contribution in [0.4, 0.5) is 5.95 Å². The van der Waals surface area contributed by atoms with Gasteiger partial charge in [-0.25, -0.2) is 9.97 Å². The van der Waals surface area contributed by atoms with Crippen LogP contribution in [0.1, 0.15) is 26.2 Å². The molecule has 0 radical (unpaired) electrons. The summed E-state index contributed by atoms with van der Waals surface area (Å²) in [7, 11) is 0. The SMILES string of the molecule is CC1CCCCN1CCNc1ncc(-c2cnccn2)c(-c2cccs2)n1. The Kier molecular flexibility index (Phi) is 5.69. The third-order valence-electron chi connectivity index (χ3n) is 5.01. The summed E-state index contributed by atoms with van der Waals surface area (Å²) < 4.78 is 0. The van der Waals surface area contributed by atoms with Gasteiger partial charge in [0, 0.05) is 43.3 Å². The van der Waals surface area contributed by atoms with Crippen molar-refractivity contribution < 1.29 is 0 Å². The standard InChI is InChI=1S/C20H24N6S/c1-15-5-2-3-10-26(15)11-9-23-20-24-13-16(17-14-21-7-8-22-17)19(25-20)18-6-4-12-27-18/h4,6-8,12-15H,2-3,5,9-11H2,1H3,(H,23,24,25). The molecule has 1 unspecified atom stereocenters. The molecule has 3 aromatic rings. The van der Waals surface area contributed by atoms with E-state index in [1.54, 1.807) is 29.9 Å². The highest BCUT2D eigenvalue weighted by molar-refractivity contribution is 7.13. The highest BCUT2D eigenvalue weighted by atomic mass is 32.1. The summed E-state index contributed by atoms with van der Waals surface area (Å²) in [5, 5.41) is 5.46. The number of hydrogen-bond donors (Lipinski definition) is 1. The first-order valence-electron chi connectivity index (χ1n) is 9.46. The molecular formula is C20H24N6S. The van der Waals surface area contributed by atoms with Gasteiger partial charge in [-0.3, -0.25) is 14.9 Å². The van der Waals surface area contributed by atoms with Gasteiger partial charge in [0.1, 0.15) is 0 Å². The van der Waals surface area contributed by atoms with Crippen molar-refractivity contribution in [3.63, 3.8) is 0 Å². The van der Waals surface area contributed by atoms with E-state index in [1.165, 1.54) is 25.8 Å². The summed E-state index contributed by atoms with van der Waals surface area (Å²) in [6.07, 6.45) is 10.9. The average Bonchev–Trinajstić information content (AvgIpc) is 3.25. The lowest BCUT2D eigenvalue weighted by Gasteiger charge is -2.33. The molecule has 0 amide bonds. The monoisotopic (exact) mass is 380 g/mol. The molecule has 7 heteroatoms. The van der Waals surface area contributed by atoms with Gasteiger partial charge in [0.25, 0.3) is 0 Å². The highest BCUT2D eigenvalue weighted by Crippen LogP contribution is 2.32. The minimum atomic E-state index is 0.663. The Labute approximate surface area is 163 Å². The molecule has 27 heavy (non-hydrogen) atoms. The second-order valence-electron chi connectivity index (χ2n) is 6.83. The summed E-state index contributed by atoms with van der Waals surface area (Å²) >= 11 is 1.67. The van der Waals surface area contributed by atoms with Gasteiger partial charge in [-0.15, -0.1) is 11.3 Å². The van der Waals surface area contributed by atoms with Crippen molar-refractivity contribution >= 4 is 17.3 Å². The molecule has 140 valence electrons. The van der Waals surface area contributed by atoms with Gasteiger partial charge in [-0.05, 0) is 37.8 Å². The molecule has 1 fully saturated rings. The number of nitrogens with one attached hydrogen (secondary N) is 1. The van der Waals surface area contributed by atoms with Crippen LogP contribution in [-0.4, -0.2) is 50.5 Å². The largest absolute Gasteiger partial charge is 0.353 e. The Bertz CT molecular complexity index is 852. The van der Waals surface area contributed by atoms with Crippen LogP contribution < -0.4 is 5.32 Å². The lowest BCUT2D eigenvalue weighted by Crippen LogP contribution is -2.40. The lowest BCUT2D eigenvalue weighted by atomic mass is 10.0. The maximum absolute atomic E-state index is 4.80. The average molecular weight is 381 g/mol. The maximum atomic E-state index is 4.80. The van der Waals surface area contributed by atoms with E-state index in [2.05, 4.69) is 43.5 Å². The van der Waals surface area contributed by atoms with Gasteiger partial charge in [0.15, 0.2) is 0 Å². The smallest absolute Gasteiger partial charge is 0.223 e. The van der Waals surface area contributed by atoms with Crippen molar-refractivity contribution in [1.29, 1.82) is 0 Å². The van der Waals surface area contributed by atoms with E-state index in [0.717, 1.165) is 34.9 Å². The summed E-state index contributed by atoms with van der Waals surface area (Å²) in [4.78, 5) is 21.6. The number of anilines is 1. The molecule has 4 rings (SSSR count). The summed E-state index contributed by atoms with van der Waals surface area (Å²) in [6, 6.07) is 4.78. The number of likely N-dealkylation sites (tertiary alicyclic amines) is 1. The molecule has 6 nitrogen and oxygen atoms in total. The molecule has 0 bridgehead atoms. The van der Waals surface area contributed by atoms with Crippen LogP contribution in [0.2, 0.25) is 0 Å². The number of rotatable bonds is 6. The van der Waals surface area contributed by atoms with Crippen molar-refractivity contribution in [3.05, 3.63) is 42.3 Å². The molecule has 1 aliphatic rings. The Morgan fingerprint density at radius 1 is 1.22 bits per heavy atom.